The van der Waals surface area contributed by atoms with Crippen molar-refractivity contribution >= 4 is 30.0 Å². The van der Waals surface area contributed by atoms with Crippen molar-refractivity contribution in [3.8, 4) is 0 Å². The molecule has 1 aromatic carbocycles. The van der Waals surface area contributed by atoms with Crippen LogP contribution in [0.4, 0.5) is 4.39 Å². The molecule has 0 heterocycles. The largest absolute Gasteiger partial charge is 0.459 e. The quantitative estimate of drug-likeness (QED) is 0.728. The van der Waals surface area contributed by atoms with Gasteiger partial charge >= 0.3 is 5.97 Å². The van der Waals surface area contributed by atoms with E-state index in [1.807, 2.05) is 33.8 Å². The number of hydrogen-bond acceptors (Lipinski definition) is 3. The standard InChI is InChI=1S/C19H27ClFNO2.ClH/c1-5-6-17(18(23)24-19(2,3)4)22-14-8-7-12-9-13(20)10-16(21)15(12)11-14;/h9-10,14,17,22H,5-8,11H2,1-4H3;1H. The number of carbonyl (C=O) groups excluding carboxylic acids is 1. The fourth-order valence-electron chi connectivity index (χ4n) is 3.14. The van der Waals surface area contributed by atoms with Gasteiger partial charge in [0.25, 0.3) is 0 Å². The number of halogens is 3. The van der Waals surface area contributed by atoms with E-state index in [9.17, 15) is 9.18 Å². The topological polar surface area (TPSA) is 38.3 Å². The molecule has 1 aliphatic rings. The van der Waals surface area contributed by atoms with E-state index >= 15 is 0 Å². The third kappa shape index (κ3) is 6.43. The molecule has 142 valence electrons. The van der Waals surface area contributed by atoms with Crippen molar-refractivity contribution in [2.45, 2.75) is 77.5 Å². The van der Waals surface area contributed by atoms with Crippen molar-refractivity contribution < 1.29 is 13.9 Å². The molecule has 6 heteroatoms. The number of aryl methyl sites for hydroxylation is 1. The first-order valence-corrected chi connectivity index (χ1v) is 9.03. The predicted molar refractivity (Wildman–Crippen MR) is 102 cm³/mol. The molecule has 0 spiro atoms. The molecule has 1 aliphatic carbocycles. The number of benzene rings is 1. The molecule has 1 aromatic rings. The predicted octanol–water partition coefficient (Wildman–Crippen LogP) is 4.86. The number of fused-ring (bicyclic) bond motifs is 1. The van der Waals surface area contributed by atoms with E-state index in [-0.39, 0.29) is 36.3 Å². The SMILES string of the molecule is CCCC(NC1CCc2cc(Cl)cc(F)c2C1)C(=O)OC(C)(C)C.Cl. The minimum atomic E-state index is -0.507. The maximum Gasteiger partial charge on any atom is 0.323 e. The molecular weight excluding hydrogens is 364 g/mol. The smallest absolute Gasteiger partial charge is 0.323 e. The maximum absolute atomic E-state index is 14.2. The van der Waals surface area contributed by atoms with Gasteiger partial charge in [-0.1, -0.05) is 24.9 Å². The lowest BCUT2D eigenvalue weighted by Gasteiger charge is -2.31. The van der Waals surface area contributed by atoms with Gasteiger partial charge < -0.3 is 10.1 Å². The van der Waals surface area contributed by atoms with E-state index in [0.717, 1.165) is 24.8 Å². The summed E-state index contributed by atoms with van der Waals surface area (Å²) in [5.41, 5.74) is 1.18. The normalized spacial score (nSPS) is 18.1. The number of rotatable bonds is 5. The summed E-state index contributed by atoms with van der Waals surface area (Å²) in [6, 6.07) is 2.92. The lowest BCUT2D eigenvalue weighted by atomic mass is 9.87. The van der Waals surface area contributed by atoms with Gasteiger partial charge in [-0.05, 0) is 69.7 Å². The molecule has 0 aromatic heterocycles. The van der Waals surface area contributed by atoms with Crippen LogP contribution in [-0.4, -0.2) is 23.7 Å². The summed E-state index contributed by atoms with van der Waals surface area (Å²) < 4.78 is 19.7. The van der Waals surface area contributed by atoms with Gasteiger partial charge in [0.1, 0.15) is 17.5 Å². The van der Waals surface area contributed by atoms with Gasteiger partial charge in [-0.25, -0.2) is 4.39 Å². The second kappa shape index (κ2) is 9.20. The van der Waals surface area contributed by atoms with Gasteiger partial charge in [0.2, 0.25) is 0 Å². The van der Waals surface area contributed by atoms with Crippen LogP contribution in [0.25, 0.3) is 0 Å². The number of hydrogen-bond donors (Lipinski definition) is 1. The summed E-state index contributed by atoms with van der Waals surface area (Å²) >= 11 is 5.93. The van der Waals surface area contributed by atoms with Gasteiger partial charge in [0, 0.05) is 11.1 Å². The number of carbonyl (C=O) groups is 1. The Morgan fingerprint density at radius 3 is 2.72 bits per heavy atom. The molecule has 0 saturated heterocycles. The van der Waals surface area contributed by atoms with Gasteiger partial charge in [-0.2, -0.15) is 0 Å². The molecule has 2 rings (SSSR count). The summed E-state index contributed by atoms with van der Waals surface area (Å²) in [5.74, 6) is -0.486. The van der Waals surface area contributed by atoms with Crippen LogP contribution in [0.1, 0.15) is 58.1 Å². The van der Waals surface area contributed by atoms with Crippen molar-refractivity contribution in [3.05, 3.63) is 34.1 Å². The van der Waals surface area contributed by atoms with Crippen molar-refractivity contribution in [1.82, 2.24) is 5.32 Å². The highest BCUT2D eigenvalue weighted by molar-refractivity contribution is 6.30. The molecule has 2 atom stereocenters. The highest BCUT2D eigenvalue weighted by atomic mass is 35.5. The molecule has 0 saturated carbocycles. The second-order valence-corrected chi connectivity index (χ2v) is 7.94. The first-order chi connectivity index (χ1) is 11.2. The highest BCUT2D eigenvalue weighted by Crippen LogP contribution is 2.28. The van der Waals surface area contributed by atoms with E-state index in [2.05, 4.69) is 5.32 Å². The number of esters is 1. The Balaban J connectivity index is 0.00000312. The Kier molecular flexibility index (Phi) is 8.17. The molecule has 0 bridgehead atoms. The average molecular weight is 392 g/mol. The van der Waals surface area contributed by atoms with Gasteiger partial charge in [-0.3, -0.25) is 4.79 Å². The van der Waals surface area contributed by atoms with E-state index in [4.69, 9.17) is 16.3 Å². The zero-order valence-corrected chi connectivity index (χ0v) is 16.9. The highest BCUT2D eigenvalue weighted by Gasteiger charge is 2.29. The Bertz CT molecular complexity index is 602. The zero-order chi connectivity index (χ0) is 17.9. The van der Waals surface area contributed by atoms with Crippen molar-refractivity contribution in [2.75, 3.05) is 0 Å². The van der Waals surface area contributed by atoms with Crippen LogP contribution in [-0.2, 0) is 22.4 Å². The lowest BCUT2D eigenvalue weighted by Crippen LogP contribution is -2.48. The fourth-order valence-corrected chi connectivity index (χ4v) is 3.37. The van der Waals surface area contributed by atoms with Gasteiger partial charge in [-0.15, -0.1) is 12.4 Å². The summed E-state index contributed by atoms with van der Waals surface area (Å²) in [6.45, 7) is 7.63. The summed E-state index contributed by atoms with van der Waals surface area (Å²) in [5, 5.41) is 3.83. The molecule has 0 radical (unpaired) electrons. The maximum atomic E-state index is 14.2. The zero-order valence-electron chi connectivity index (χ0n) is 15.3. The average Bonchev–Trinajstić information content (AvgIpc) is 2.45. The van der Waals surface area contributed by atoms with E-state index in [1.165, 1.54) is 6.07 Å². The van der Waals surface area contributed by atoms with E-state index < -0.39 is 5.60 Å². The van der Waals surface area contributed by atoms with Crippen LogP contribution < -0.4 is 5.32 Å². The van der Waals surface area contributed by atoms with Crippen LogP contribution in [0.15, 0.2) is 12.1 Å². The Morgan fingerprint density at radius 1 is 1.44 bits per heavy atom. The fraction of sp³-hybridized carbons (Fsp3) is 0.632. The van der Waals surface area contributed by atoms with Crippen LogP contribution in [0, 0.1) is 5.82 Å². The minimum absolute atomic E-state index is 0. The summed E-state index contributed by atoms with van der Waals surface area (Å²) in [7, 11) is 0. The monoisotopic (exact) mass is 391 g/mol. The molecule has 0 amide bonds. The first kappa shape index (κ1) is 22.2. The van der Waals surface area contributed by atoms with E-state index in [0.29, 0.717) is 23.4 Å². The lowest BCUT2D eigenvalue weighted by molar-refractivity contribution is -0.158. The van der Waals surface area contributed by atoms with Gasteiger partial charge in [0.05, 0.1) is 0 Å². The molecule has 3 nitrogen and oxygen atoms in total. The second-order valence-electron chi connectivity index (χ2n) is 7.51. The molecule has 1 N–H and O–H groups in total. The molecule has 25 heavy (non-hydrogen) atoms. The molecular formula is C19H28Cl2FNO2. The van der Waals surface area contributed by atoms with Crippen LogP contribution >= 0.6 is 24.0 Å². The van der Waals surface area contributed by atoms with Crippen molar-refractivity contribution in [1.29, 1.82) is 0 Å². The minimum Gasteiger partial charge on any atom is -0.459 e. The van der Waals surface area contributed by atoms with Crippen molar-refractivity contribution in [3.63, 3.8) is 0 Å². The third-order valence-corrected chi connectivity index (χ3v) is 4.39. The third-order valence-electron chi connectivity index (χ3n) is 4.17. The summed E-state index contributed by atoms with van der Waals surface area (Å²) in [6.07, 6.45) is 3.78. The van der Waals surface area contributed by atoms with Crippen molar-refractivity contribution in [2.24, 2.45) is 0 Å². The Morgan fingerprint density at radius 2 is 2.12 bits per heavy atom. The van der Waals surface area contributed by atoms with Crippen LogP contribution in [0.3, 0.4) is 0 Å². The number of nitrogens with one attached hydrogen (secondary N) is 1. The Hall–Kier alpha value is -0.840. The summed E-state index contributed by atoms with van der Waals surface area (Å²) in [4.78, 5) is 12.4. The number of ether oxygens (including phenoxy) is 1. The van der Waals surface area contributed by atoms with Crippen LogP contribution in [0.2, 0.25) is 5.02 Å². The molecule has 0 aliphatic heterocycles. The Labute approximate surface area is 161 Å². The van der Waals surface area contributed by atoms with E-state index in [1.54, 1.807) is 0 Å². The molecule has 0 fully saturated rings. The molecule has 2 unspecified atom stereocenters. The van der Waals surface area contributed by atoms with Crippen LogP contribution in [0.5, 0.6) is 0 Å². The van der Waals surface area contributed by atoms with Gasteiger partial charge in [0.15, 0.2) is 0 Å². The first-order valence-electron chi connectivity index (χ1n) is 8.65.